The van der Waals surface area contributed by atoms with Crippen LogP contribution >= 0.6 is 0 Å². The molecular weight excluding hydrogens is 234 g/mol. The number of carbonyl (C=O) groups excluding carboxylic acids is 1. The average Bonchev–Trinajstić information content (AvgIpc) is 2.64. The number of fused-ring (bicyclic) bond motifs is 2. The maximum absolute atomic E-state index is 12.0. The predicted molar refractivity (Wildman–Crippen MR) is 77.7 cm³/mol. The maximum Gasteiger partial charge on any atom is 0.222 e. The molecule has 1 amide bonds. The Morgan fingerprint density at radius 1 is 1.21 bits per heavy atom. The molecule has 3 atom stereocenters. The number of likely N-dealkylation sites (tertiary alicyclic amines) is 1. The summed E-state index contributed by atoms with van der Waals surface area (Å²) in [5, 5.41) is 0. The van der Waals surface area contributed by atoms with Gasteiger partial charge < -0.3 is 4.90 Å². The summed E-state index contributed by atoms with van der Waals surface area (Å²) < 4.78 is 0. The van der Waals surface area contributed by atoms with Crippen LogP contribution in [0.4, 0.5) is 0 Å². The molecule has 2 heteroatoms. The summed E-state index contributed by atoms with van der Waals surface area (Å²) in [6.07, 6.45) is 5.60. The minimum Gasteiger partial charge on any atom is -0.339 e. The minimum atomic E-state index is 0.304. The Balaban J connectivity index is 2.04. The lowest BCUT2D eigenvalue weighted by Crippen LogP contribution is -2.46. The van der Waals surface area contributed by atoms with Crippen LogP contribution in [0.15, 0.2) is 11.1 Å². The SMILES string of the molecule is CC1=C(C2CCCC(=O)N2C)[C@]2(C)CC[C@@H]1C2(C)C. The molecule has 2 fully saturated rings. The molecule has 2 aliphatic carbocycles. The first-order valence-corrected chi connectivity index (χ1v) is 7.77. The van der Waals surface area contributed by atoms with Crippen molar-refractivity contribution in [2.75, 3.05) is 7.05 Å². The van der Waals surface area contributed by atoms with E-state index in [0.717, 1.165) is 25.2 Å². The summed E-state index contributed by atoms with van der Waals surface area (Å²) in [7, 11) is 2.01. The number of nitrogens with zero attached hydrogens (tertiary/aromatic N) is 1. The van der Waals surface area contributed by atoms with Crippen molar-refractivity contribution < 1.29 is 4.79 Å². The van der Waals surface area contributed by atoms with Crippen molar-refractivity contribution in [2.24, 2.45) is 16.7 Å². The zero-order valence-corrected chi connectivity index (χ0v) is 13.0. The van der Waals surface area contributed by atoms with Gasteiger partial charge in [0.25, 0.3) is 0 Å². The first kappa shape index (κ1) is 13.2. The number of amides is 1. The van der Waals surface area contributed by atoms with Crippen molar-refractivity contribution in [1.82, 2.24) is 4.90 Å². The molecule has 1 saturated heterocycles. The van der Waals surface area contributed by atoms with Crippen LogP contribution < -0.4 is 0 Å². The number of hydrogen-bond acceptors (Lipinski definition) is 1. The van der Waals surface area contributed by atoms with Gasteiger partial charge in [-0.15, -0.1) is 0 Å². The fourth-order valence-corrected chi connectivity index (χ4v) is 5.32. The molecule has 3 aliphatic rings. The van der Waals surface area contributed by atoms with Crippen molar-refractivity contribution in [2.45, 2.75) is 65.8 Å². The third-order valence-electron chi connectivity index (χ3n) is 6.83. The van der Waals surface area contributed by atoms with E-state index in [-0.39, 0.29) is 0 Å². The van der Waals surface area contributed by atoms with Gasteiger partial charge in [-0.1, -0.05) is 26.3 Å². The van der Waals surface area contributed by atoms with Gasteiger partial charge in [0.15, 0.2) is 0 Å². The number of hydrogen-bond donors (Lipinski definition) is 0. The fourth-order valence-electron chi connectivity index (χ4n) is 5.32. The third kappa shape index (κ3) is 1.46. The quantitative estimate of drug-likeness (QED) is 0.658. The van der Waals surface area contributed by atoms with Crippen LogP contribution in [0, 0.1) is 16.7 Å². The van der Waals surface area contributed by atoms with Crippen molar-refractivity contribution >= 4 is 5.91 Å². The van der Waals surface area contributed by atoms with Crippen molar-refractivity contribution in [1.29, 1.82) is 0 Å². The zero-order chi connectivity index (χ0) is 14.0. The lowest BCUT2D eigenvalue weighted by atomic mass is 9.65. The molecule has 106 valence electrons. The lowest BCUT2D eigenvalue weighted by molar-refractivity contribution is -0.134. The van der Waals surface area contributed by atoms with E-state index in [1.165, 1.54) is 12.8 Å². The molecule has 0 radical (unpaired) electrons. The summed E-state index contributed by atoms with van der Waals surface area (Å²) in [5.41, 5.74) is 3.89. The Bertz CT molecular complexity index is 462. The highest BCUT2D eigenvalue weighted by Gasteiger charge is 2.61. The number of allylic oxidation sites excluding steroid dienone is 1. The fraction of sp³-hybridized carbons (Fsp3) is 0.824. The van der Waals surface area contributed by atoms with Crippen LogP contribution in [0.1, 0.15) is 59.8 Å². The second kappa shape index (κ2) is 3.86. The molecule has 1 saturated carbocycles. The topological polar surface area (TPSA) is 20.3 Å². The summed E-state index contributed by atoms with van der Waals surface area (Å²) in [6.45, 7) is 9.66. The Hall–Kier alpha value is -0.790. The van der Waals surface area contributed by atoms with Crippen LogP contribution in [-0.4, -0.2) is 23.9 Å². The molecular formula is C17H27NO. The Morgan fingerprint density at radius 2 is 1.89 bits per heavy atom. The van der Waals surface area contributed by atoms with E-state index in [2.05, 4.69) is 27.7 Å². The lowest BCUT2D eigenvalue weighted by Gasteiger charge is -2.44. The third-order valence-corrected chi connectivity index (χ3v) is 6.83. The van der Waals surface area contributed by atoms with E-state index in [1.807, 2.05) is 11.9 Å². The van der Waals surface area contributed by atoms with Gasteiger partial charge in [0.1, 0.15) is 0 Å². The minimum absolute atomic E-state index is 0.304. The van der Waals surface area contributed by atoms with E-state index in [0.29, 0.717) is 22.8 Å². The maximum atomic E-state index is 12.0. The first-order chi connectivity index (χ1) is 8.80. The van der Waals surface area contributed by atoms with E-state index < -0.39 is 0 Å². The Morgan fingerprint density at radius 3 is 2.47 bits per heavy atom. The van der Waals surface area contributed by atoms with Gasteiger partial charge in [0.05, 0.1) is 6.04 Å². The molecule has 1 aliphatic heterocycles. The molecule has 0 aromatic carbocycles. The van der Waals surface area contributed by atoms with Gasteiger partial charge in [-0.25, -0.2) is 0 Å². The van der Waals surface area contributed by atoms with E-state index in [9.17, 15) is 4.79 Å². The predicted octanol–water partition coefficient (Wildman–Crippen LogP) is 3.77. The van der Waals surface area contributed by atoms with Gasteiger partial charge >= 0.3 is 0 Å². The van der Waals surface area contributed by atoms with Crippen molar-refractivity contribution in [3.05, 3.63) is 11.1 Å². The van der Waals surface area contributed by atoms with Gasteiger partial charge in [-0.3, -0.25) is 4.79 Å². The van der Waals surface area contributed by atoms with Gasteiger partial charge in [0, 0.05) is 13.5 Å². The Kier molecular flexibility index (Phi) is 2.69. The summed E-state index contributed by atoms with van der Waals surface area (Å²) >= 11 is 0. The molecule has 1 unspecified atom stereocenters. The number of likely N-dealkylation sites (N-methyl/N-ethyl adjacent to an activating group) is 1. The highest BCUT2D eigenvalue weighted by atomic mass is 16.2. The molecule has 0 aromatic heterocycles. The molecule has 0 N–H and O–H groups in total. The molecule has 0 spiro atoms. The Labute approximate surface area is 117 Å². The molecule has 3 rings (SSSR count). The zero-order valence-electron chi connectivity index (χ0n) is 13.0. The first-order valence-electron chi connectivity index (χ1n) is 7.77. The average molecular weight is 261 g/mol. The van der Waals surface area contributed by atoms with Crippen LogP contribution in [0.2, 0.25) is 0 Å². The van der Waals surface area contributed by atoms with Gasteiger partial charge in [0.2, 0.25) is 5.91 Å². The van der Waals surface area contributed by atoms with E-state index in [4.69, 9.17) is 0 Å². The smallest absolute Gasteiger partial charge is 0.222 e. The summed E-state index contributed by atoms with van der Waals surface area (Å²) in [6, 6.07) is 0.371. The monoisotopic (exact) mass is 261 g/mol. The van der Waals surface area contributed by atoms with Crippen LogP contribution in [-0.2, 0) is 4.79 Å². The molecule has 2 bridgehead atoms. The summed E-state index contributed by atoms with van der Waals surface area (Å²) in [5.74, 6) is 1.07. The van der Waals surface area contributed by atoms with Gasteiger partial charge in [-0.05, 0) is 54.9 Å². The highest BCUT2D eigenvalue weighted by molar-refractivity contribution is 5.77. The molecule has 0 aromatic rings. The number of piperidine rings is 1. The van der Waals surface area contributed by atoms with Gasteiger partial charge in [-0.2, -0.15) is 0 Å². The molecule has 1 heterocycles. The van der Waals surface area contributed by atoms with Crippen molar-refractivity contribution in [3.8, 4) is 0 Å². The molecule has 19 heavy (non-hydrogen) atoms. The largest absolute Gasteiger partial charge is 0.339 e. The van der Waals surface area contributed by atoms with Crippen LogP contribution in [0.5, 0.6) is 0 Å². The van der Waals surface area contributed by atoms with Crippen LogP contribution in [0.3, 0.4) is 0 Å². The van der Waals surface area contributed by atoms with Crippen LogP contribution in [0.25, 0.3) is 0 Å². The van der Waals surface area contributed by atoms with E-state index in [1.54, 1.807) is 11.1 Å². The van der Waals surface area contributed by atoms with Crippen molar-refractivity contribution in [3.63, 3.8) is 0 Å². The number of carbonyl (C=O) groups is 1. The number of rotatable bonds is 1. The summed E-state index contributed by atoms with van der Waals surface area (Å²) in [4.78, 5) is 14.1. The highest BCUT2D eigenvalue weighted by Crippen LogP contribution is 2.68. The second-order valence-electron chi connectivity index (χ2n) is 7.65. The molecule has 2 nitrogen and oxygen atoms in total. The normalized spacial score (nSPS) is 41.3. The second-order valence-corrected chi connectivity index (χ2v) is 7.65. The standard InChI is InChI=1S/C17H27NO/c1-11-12-9-10-17(4,16(12,2)3)15(11)13-7-6-8-14(19)18(13)5/h12-13H,6-10H2,1-5H3/t12-,13?,17-/m0/s1. The van der Waals surface area contributed by atoms with E-state index >= 15 is 0 Å².